The minimum atomic E-state index is -0.724. The van der Waals surface area contributed by atoms with E-state index in [2.05, 4.69) is 11.9 Å². The maximum Gasteiger partial charge on any atom is 0.416 e. The summed E-state index contributed by atoms with van der Waals surface area (Å²) >= 11 is 0. The number of imide groups is 1. The van der Waals surface area contributed by atoms with Crippen LogP contribution in [0.15, 0.2) is 24.4 Å². The van der Waals surface area contributed by atoms with Gasteiger partial charge in [-0.25, -0.2) is 14.5 Å². The summed E-state index contributed by atoms with van der Waals surface area (Å²) in [6.45, 7) is 7.70. The van der Waals surface area contributed by atoms with Gasteiger partial charge in [0, 0.05) is 32.1 Å². The maximum absolute atomic E-state index is 12.6. The second kappa shape index (κ2) is 24.4. The predicted molar refractivity (Wildman–Crippen MR) is 179 cm³/mol. The number of carbonyl (C=O) groups is 3. The van der Waals surface area contributed by atoms with Crippen LogP contribution in [-0.2, 0) is 25.5 Å². The summed E-state index contributed by atoms with van der Waals surface area (Å²) in [5.74, 6) is -0.368. The molecule has 1 aromatic heterocycles. The Labute approximate surface area is 276 Å². The van der Waals surface area contributed by atoms with Crippen LogP contribution in [0.5, 0.6) is 0 Å². The summed E-state index contributed by atoms with van der Waals surface area (Å²) in [5.41, 5.74) is 0.596. The Morgan fingerprint density at radius 2 is 1.47 bits per heavy atom. The van der Waals surface area contributed by atoms with E-state index >= 15 is 0 Å². The van der Waals surface area contributed by atoms with Crippen LogP contribution in [-0.4, -0.2) is 71.9 Å². The van der Waals surface area contributed by atoms with Crippen molar-refractivity contribution in [3.05, 3.63) is 30.1 Å². The Balaban J connectivity index is 0.00000924. The lowest BCUT2D eigenvalue weighted by atomic mass is 10.0. The normalized spacial score (nSPS) is 15.9. The molecule has 0 aromatic carbocycles. The molecule has 1 aromatic rings. The van der Waals surface area contributed by atoms with Gasteiger partial charge in [-0.3, -0.25) is 9.78 Å². The average molecular weight is 718 g/mol. The van der Waals surface area contributed by atoms with E-state index in [1.54, 1.807) is 29.3 Å². The van der Waals surface area contributed by atoms with Gasteiger partial charge < -0.3 is 19.1 Å². The lowest BCUT2D eigenvalue weighted by Crippen LogP contribution is -2.36. The standard InChI is InChI=1S/C33H55N3O6.HI/c1-4-6-7-8-9-10-11-12-13-14-15-16-19-22-35(5-2)32(38)41-26-29-23-31(40-25-29)27-42-33(39)36(28(3)37)24-30-20-17-18-21-34-30;/h17-18,20-21,29,31H,4-16,19,22-27H2,1-3H3;1H/t29-,31+;/m1./s1. The summed E-state index contributed by atoms with van der Waals surface area (Å²) in [6, 6.07) is 5.31. The van der Waals surface area contributed by atoms with E-state index in [1.165, 1.54) is 77.6 Å². The van der Waals surface area contributed by atoms with Crippen molar-refractivity contribution in [2.24, 2.45) is 5.92 Å². The van der Waals surface area contributed by atoms with Crippen LogP contribution in [0.2, 0.25) is 0 Å². The van der Waals surface area contributed by atoms with Crippen molar-refractivity contribution < 1.29 is 28.6 Å². The predicted octanol–water partition coefficient (Wildman–Crippen LogP) is 8.14. The topological polar surface area (TPSA) is 98.3 Å². The zero-order valence-corrected chi connectivity index (χ0v) is 29.1. The van der Waals surface area contributed by atoms with E-state index < -0.39 is 12.0 Å². The highest BCUT2D eigenvalue weighted by Crippen LogP contribution is 2.21. The Morgan fingerprint density at radius 1 is 0.860 bits per heavy atom. The number of ether oxygens (including phenoxy) is 3. The molecule has 1 fully saturated rings. The second-order valence-corrected chi connectivity index (χ2v) is 11.5. The molecule has 1 aliphatic heterocycles. The molecule has 9 nitrogen and oxygen atoms in total. The average Bonchev–Trinajstić information content (AvgIpc) is 3.46. The zero-order valence-electron chi connectivity index (χ0n) is 26.8. The molecule has 3 amide bonds. The number of rotatable bonds is 21. The van der Waals surface area contributed by atoms with Gasteiger partial charge in [0.15, 0.2) is 0 Å². The Hall–Kier alpha value is -1.95. The molecule has 0 N–H and O–H groups in total. The summed E-state index contributed by atoms with van der Waals surface area (Å²) in [4.78, 5) is 44.0. The maximum atomic E-state index is 12.6. The van der Waals surface area contributed by atoms with E-state index in [-0.39, 0.29) is 61.9 Å². The summed E-state index contributed by atoms with van der Waals surface area (Å²) in [5, 5.41) is 0. The fourth-order valence-electron chi connectivity index (χ4n) is 5.19. The summed E-state index contributed by atoms with van der Waals surface area (Å²) in [6.07, 6.45) is 17.8. The first-order valence-electron chi connectivity index (χ1n) is 16.3. The molecule has 246 valence electrons. The Bertz CT molecular complexity index is 891. The molecular weight excluding hydrogens is 661 g/mol. The van der Waals surface area contributed by atoms with Crippen LogP contribution in [0, 0.1) is 5.92 Å². The van der Waals surface area contributed by atoms with E-state index in [9.17, 15) is 14.4 Å². The number of amides is 3. The fraction of sp³-hybridized carbons (Fsp3) is 0.758. The van der Waals surface area contributed by atoms with Crippen LogP contribution < -0.4 is 0 Å². The first-order valence-corrected chi connectivity index (χ1v) is 16.3. The SMILES string of the molecule is CCCCCCCCCCCCCCCN(CC)C(=O)OC[C@H]1CO[C@H](COC(=O)N(Cc2ccccn2)C(C)=O)C1.I. The summed E-state index contributed by atoms with van der Waals surface area (Å²) in [7, 11) is 0. The highest BCUT2D eigenvalue weighted by molar-refractivity contribution is 14.0. The quantitative estimate of drug-likeness (QED) is 0.0936. The highest BCUT2D eigenvalue weighted by Gasteiger charge is 2.29. The number of hydrogen-bond acceptors (Lipinski definition) is 7. The van der Waals surface area contributed by atoms with Gasteiger partial charge in [0.2, 0.25) is 5.91 Å². The summed E-state index contributed by atoms with van der Waals surface area (Å²) < 4.78 is 16.7. The molecule has 2 heterocycles. The number of unbranched alkanes of at least 4 members (excludes halogenated alkanes) is 12. The second-order valence-electron chi connectivity index (χ2n) is 11.5. The van der Waals surface area contributed by atoms with Crippen molar-refractivity contribution in [3.8, 4) is 0 Å². The van der Waals surface area contributed by atoms with Crippen molar-refractivity contribution in [2.75, 3.05) is 32.9 Å². The number of halogens is 1. The first kappa shape index (κ1) is 39.1. The molecule has 0 bridgehead atoms. The third kappa shape index (κ3) is 17.2. The third-order valence-corrected chi connectivity index (χ3v) is 7.82. The fourth-order valence-corrected chi connectivity index (χ4v) is 5.19. The van der Waals surface area contributed by atoms with E-state index in [0.29, 0.717) is 25.3 Å². The zero-order chi connectivity index (χ0) is 30.4. The van der Waals surface area contributed by atoms with Gasteiger partial charge in [-0.2, -0.15) is 0 Å². The van der Waals surface area contributed by atoms with Crippen LogP contribution in [0.4, 0.5) is 9.59 Å². The molecule has 1 aliphatic rings. The van der Waals surface area contributed by atoms with Gasteiger partial charge in [0.25, 0.3) is 0 Å². The molecule has 10 heteroatoms. The molecular formula is C33H56IN3O6. The van der Waals surface area contributed by atoms with E-state index in [0.717, 1.165) is 24.3 Å². The largest absolute Gasteiger partial charge is 0.449 e. The molecule has 0 radical (unpaired) electrons. The number of pyridine rings is 1. The molecule has 0 spiro atoms. The number of aromatic nitrogens is 1. The lowest BCUT2D eigenvalue weighted by Gasteiger charge is -2.21. The minimum absolute atomic E-state index is 0. The molecule has 43 heavy (non-hydrogen) atoms. The molecule has 2 rings (SSSR count). The van der Waals surface area contributed by atoms with Crippen LogP contribution in [0.1, 0.15) is 116 Å². The Kier molecular flexibility index (Phi) is 22.2. The van der Waals surface area contributed by atoms with Gasteiger partial charge in [0.1, 0.15) is 6.61 Å². The Morgan fingerprint density at radius 3 is 2.02 bits per heavy atom. The smallest absolute Gasteiger partial charge is 0.416 e. The third-order valence-electron chi connectivity index (χ3n) is 7.82. The lowest BCUT2D eigenvalue weighted by molar-refractivity contribution is -0.128. The minimum Gasteiger partial charge on any atom is -0.449 e. The molecule has 2 atom stereocenters. The van der Waals surface area contributed by atoms with E-state index in [1.807, 2.05) is 6.92 Å². The number of hydrogen-bond donors (Lipinski definition) is 0. The number of carbonyl (C=O) groups excluding carboxylic acids is 3. The monoisotopic (exact) mass is 717 g/mol. The van der Waals surface area contributed by atoms with Crippen molar-refractivity contribution in [2.45, 2.75) is 123 Å². The van der Waals surface area contributed by atoms with Gasteiger partial charge in [0.05, 0.1) is 31.6 Å². The van der Waals surface area contributed by atoms with E-state index in [4.69, 9.17) is 14.2 Å². The van der Waals surface area contributed by atoms with Crippen LogP contribution >= 0.6 is 24.0 Å². The van der Waals surface area contributed by atoms with Crippen molar-refractivity contribution in [1.29, 1.82) is 0 Å². The number of nitrogens with zero attached hydrogens (tertiary/aromatic N) is 3. The van der Waals surface area contributed by atoms with Gasteiger partial charge >= 0.3 is 12.2 Å². The molecule has 0 aliphatic carbocycles. The van der Waals surface area contributed by atoms with Gasteiger partial charge in [-0.05, 0) is 31.9 Å². The molecule has 0 unspecified atom stereocenters. The van der Waals surface area contributed by atoms with Crippen molar-refractivity contribution in [1.82, 2.24) is 14.8 Å². The van der Waals surface area contributed by atoms with Crippen LogP contribution in [0.3, 0.4) is 0 Å². The van der Waals surface area contributed by atoms with Gasteiger partial charge in [-0.15, -0.1) is 24.0 Å². The molecule has 1 saturated heterocycles. The van der Waals surface area contributed by atoms with Crippen LogP contribution in [0.25, 0.3) is 0 Å². The molecule has 0 saturated carbocycles. The van der Waals surface area contributed by atoms with Gasteiger partial charge in [-0.1, -0.05) is 90.0 Å². The first-order chi connectivity index (χ1) is 20.4. The highest BCUT2D eigenvalue weighted by atomic mass is 127. The van der Waals surface area contributed by atoms with Crippen molar-refractivity contribution in [3.63, 3.8) is 0 Å². The van der Waals surface area contributed by atoms with Crippen molar-refractivity contribution >= 4 is 42.1 Å².